The van der Waals surface area contributed by atoms with Crippen molar-refractivity contribution in [2.24, 2.45) is 4.99 Å². The van der Waals surface area contributed by atoms with Crippen LogP contribution >= 0.6 is 11.8 Å². The summed E-state index contributed by atoms with van der Waals surface area (Å²) in [5.41, 5.74) is 0.527. The Morgan fingerprint density at radius 2 is 2.26 bits per heavy atom. The standard InChI is InChI=1S/C18H23N3O5S/c1-24-11-5-6-13(14(8-11)25-2)20-16(22)9-15-17(23)21-18(27-15)19-10-12-4-3-7-26-12/h5-6,8,12,15H,3-4,7,9-10H2,1-2H3,(H,20,22)(H,19,21,23). The van der Waals surface area contributed by atoms with E-state index in [0.29, 0.717) is 28.9 Å². The summed E-state index contributed by atoms with van der Waals surface area (Å²) in [6.45, 7) is 1.30. The molecule has 3 rings (SSSR count). The average Bonchev–Trinajstić information content (AvgIpc) is 3.30. The lowest BCUT2D eigenvalue weighted by Gasteiger charge is -2.12. The smallest absolute Gasteiger partial charge is 0.240 e. The van der Waals surface area contributed by atoms with Crippen molar-refractivity contribution in [3.8, 4) is 11.5 Å². The number of rotatable bonds is 7. The van der Waals surface area contributed by atoms with Crippen LogP contribution in [0.15, 0.2) is 23.2 Å². The largest absolute Gasteiger partial charge is 0.497 e. The molecule has 2 atom stereocenters. The minimum Gasteiger partial charge on any atom is -0.497 e. The molecule has 9 heteroatoms. The average molecular weight is 393 g/mol. The molecule has 2 aliphatic rings. The molecule has 2 aliphatic heterocycles. The summed E-state index contributed by atoms with van der Waals surface area (Å²) in [6.07, 6.45) is 2.21. The van der Waals surface area contributed by atoms with E-state index in [4.69, 9.17) is 14.2 Å². The highest BCUT2D eigenvalue weighted by atomic mass is 32.2. The Bertz CT molecular complexity index is 734. The normalized spacial score (nSPS) is 23.3. The molecule has 2 N–H and O–H groups in total. The number of benzene rings is 1. The van der Waals surface area contributed by atoms with Gasteiger partial charge in [-0.1, -0.05) is 11.8 Å². The third kappa shape index (κ3) is 5.14. The molecule has 0 saturated carbocycles. The van der Waals surface area contributed by atoms with Gasteiger partial charge in [0.1, 0.15) is 16.7 Å². The zero-order valence-corrected chi connectivity index (χ0v) is 16.1. The molecule has 0 bridgehead atoms. The van der Waals surface area contributed by atoms with Gasteiger partial charge in [-0.3, -0.25) is 14.6 Å². The van der Waals surface area contributed by atoms with Crippen LogP contribution in [0.25, 0.3) is 0 Å². The van der Waals surface area contributed by atoms with Gasteiger partial charge in [-0.05, 0) is 25.0 Å². The van der Waals surface area contributed by atoms with Crippen LogP contribution in [0.2, 0.25) is 0 Å². The van der Waals surface area contributed by atoms with E-state index in [2.05, 4.69) is 15.6 Å². The summed E-state index contributed by atoms with van der Waals surface area (Å²) in [5, 5.41) is 5.56. The monoisotopic (exact) mass is 393 g/mol. The topological polar surface area (TPSA) is 98.3 Å². The van der Waals surface area contributed by atoms with Crippen molar-refractivity contribution in [1.82, 2.24) is 5.32 Å². The molecule has 2 amide bonds. The number of hydrogen-bond donors (Lipinski definition) is 2. The van der Waals surface area contributed by atoms with Gasteiger partial charge in [0.05, 0.1) is 32.6 Å². The molecule has 2 fully saturated rings. The van der Waals surface area contributed by atoms with Crippen LogP contribution in [0, 0.1) is 0 Å². The fraction of sp³-hybridized carbons (Fsp3) is 0.500. The lowest BCUT2D eigenvalue weighted by Crippen LogP contribution is -2.28. The zero-order chi connectivity index (χ0) is 19.2. The van der Waals surface area contributed by atoms with Crippen LogP contribution in [0.3, 0.4) is 0 Å². The second kappa shape index (κ2) is 9.09. The Morgan fingerprint density at radius 3 is 2.96 bits per heavy atom. The van der Waals surface area contributed by atoms with Crippen molar-refractivity contribution in [2.75, 3.05) is 32.7 Å². The van der Waals surface area contributed by atoms with Crippen LogP contribution in [-0.4, -0.2) is 55.7 Å². The van der Waals surface area contributed by atoms with Crippen LogP contribution in [0.4, 0.5) is 5.69 Å². The summed E-state index contributed by atoms with van der Waals surface area (Å²) in [5.74, 6) is 0.641. The predicted octanol–water partition coefficient (Wildman–Crippen LogP) is 1.80. The van der Waals surface area contributed by atoms with Crippen molar-refractivity contribution < 1.29 is 23.8 Å². The SMILES string of the molecule is COc1ccc(NC(=O)CC2SC(=NCC3CCCO3)NC2=O)c(OC)c1. The van der Waals surface area contributed by atoms with E-state index in [1.807, 2.05) is 0 Å². The number of anilines is 1. The fourth-order valence-electron chi connectivity index (χ4n) is 2.86. The van der Waals surface area contributed by atoms with E-state index in [1.54, 1.807) is 25.3 Å². The van der Waals surface area contributed by atoms with Crippen molar-refractivity contribution in [2.45, 2.75) is 30.6 Å². The number of aliphatic imine (C=N–C) groups is 1. The quantitative estimate of drug-likeness (QED) is 0.733. The molecule has 2 unspecified atom stereocenters. The van der Waals surface area contributed by atoms with Crippen molar-refractivity contribution >= 4 is 34.4 Å². The summed E-state index contributed by atoms with van der Waals surface area (Å²) >= 11 is 1.28. The van der Waals surface area contributed by atoms with Gasteiger partial charge in [0, 0.05) is 19.1 Å². The Hall–Kier alpha value is -2.26. The maximum absolute atomic E-state index is 12.4. The van der Waals surface area contributed by atoms with Gasteiger partial charge in [-0.2, -0.15) is 0 Å². The number of carbonyl (C=O) groups is 2. The first-order chi connectivity index (χ1) is 13.1. The molecule has 0 aliphatic carbocycles. The van der Waals surface area contributed by atoms with E-state index in [1.165, 1.54) is 18.9 Å². The molecule has 2 heterocycles. The Morgan fingerprint density at radius 1 is 1.41 bits per heavy atom. The third-order valence-electron chi connectivity index (χ3n) is 4.29. The summed E-state index contributed by atoms with van der Waals surface area (Å²) in [6, 6.07) is 5.11. The van der Waals surface area contributed by atoms with E-state index in [0.717, 1.165) is 19.4 Å². The lowest BCUT2D eigenvalue weighted by atomic mass is 10.2. The molecule has 2 saturated heterocycles. The zero-order valence-electron chi connectivity index (χ0n) is 15.3. The number of carbonyl (C=O) groups excluding carboxylic acids is 2. The molecule has 0 spiro atoms. The number of amides is 2. The van der Waals surface area contributed by atoms with Gasteiger partial charge < -0.3 is 24.8 Å². The predicted molar refractivity (Wildman–Crippen MR) is 104 cm³/mol. The van der Waals surface area contributed by atoms with Gasteiger partial charge in [0.2, 0.25) is 11.8 Å². The molecule has 146 valence electrons. The maximum atomic E-state index is 12.4. The molecule has 8 nitrogen and oxygen atoms in total. The number of methoxy groups -OCH3 is 2. The lowest BCUT2D eigenvalue weighted by molar-refractivity contribution is -0.122. The highest BCUT2D eigenvalue weighted by Gasteiger charge is 2.32. The third-order valence-corrected chi connectivity index (χ3v) is 5.41. The van der Waals surface area contributed by atoms with Crippen LogP contribution in [0.1, 0.15) is 19.3 Å². The minimum absolute atomic E-state index is 0.0463. The second-order valence-corrected chi connectivity index (χ2v) is 7.39. The van der Waals surface area contributed by atoms with Crippen LogP contribution in [0.5, 0.6) is 11.5 Å². The number of ether oxygens (including phenoxy) is 3. The number of nitrogens with one attached hydrogen (secondary N) is 2. The van der Waals surface area contributed by atoms with Gasteiger partial charge in [-0.25, -0.2) is 0 Å². The summed E-state index contributed by atoms with van der Waals surface area (Å²) in [4.78, 5) is 28.9. The van der Waals surface area contributed by atoms with E-state index in [9.17, 15) is 9.59 Å². The maximum Gasteiger partial charge on any atom is 0.240 e. The first kappa shape index (κ1) is 19.5. The molecule has 27 heavy (non-hydrogen) atoms. The first-order valence-electron chi connectivity index (χ1n) is 8.74. The Kier molecular flexibility index (Phi) is 6.57. The molecule has 0 radical (unpaired) electrons. The van der Waals surface area contributed by atoms with Gasteiger partial charge in [0.25, 0.3) is 0 Å². The van der Waals surface area contributed by atoms with Crippen molar-refractivity contribution in [3.05, 3.63) is 18.2 Å². The first-order valence-corrected chi connectivity index (χ1v) is 9.62. The summed E-state index contributed by atoms with van der Waals surface area (Å²) in [7, 11) is 3.07. The van der Waals surface area contributed by atoms with E-state index < -0.39 is 5.25 Å². The number of nitrogens with zero attached hydrogens (tertiary/aromatic N) is 1. The van der Waals surface area contributed by atoms with E-state index >= 15 is 0 Å². The summed E-state index contributed by atoms with van der Waals surface area (Å²) < 4.78 is 15.9. The van der Waals surface area contributed by atoms with Crippen LogP contribution in [-0.2, 0) is 14.3 Å². The molecular formula is C18H23N3O5S. The molecular weight excluding hydrogens is 370 g/mol. The number of thioether (sulfide) groups is 1. The second-order valence-electron chi connectivity index (χ2n) is 6.20. The Labute approximate surface area is 162 Å². The van der Waals surface area contributed by atoms with Gasteiger partial charge >= 0.3 is 0 Å². The number of amidine groups is 1. The fourth-order valence-corrected chi connectivity index (χ4v) is 3.84. The van der Waals surface area contributed by atoms with Gasteiger partial charge in [0.15, 0.2) is 5.17 Å². The highest BCUT2D eigenvalue weighted by Crippen LogP contribution is 2.30. The van der Waals surface area contributed by atoms with E-state index in [-0.39, 0.29) is 24.3 Å². The highest BCUT2D eigenvalue weighted by molar-refractivity contribution is 8.15. The minimum atomic E-state index is -0.502. The van der Waals surface area contributed by atoms with Crippen LogP contribution < -0.4 is 20.1 Å². The molecule has 1 aromatic rings. The van der Waals surface area contributed by atoms with Crippen molar-refractivity contribution in [1.29, 1.82) is 0 Å². The molecule has 1 aromatic carbocycles. The van der Waals surface area contributed by atoms with Crippen molar-refractivity contribution in [3.63, 3.8) is 0 Å². The Balaban J connectivity index is 1.54. The molecule has 0 aromatic heterocycles. The number of hydrogen-bond acceptors (Lipinski definition) is 7. The van der Waals surface area contributed by atoms with Gasteiger partial charge in [-0.15, -0.1) is 0 Å².